The number of furan rings is 1. The van der Waals surface area contributed by atoms with Gasteiger partial charge >= 0.3 is 0 Å². The molecule has 0 bridgehead atoms. The van der Waals surface area contributed by atoms with E-state index in [0.717, 1.165) is 22.1 Å². The number of fused-ring (bicyclic) bond motifs is 1. The van der Waals surface area contributed by atoms with Gasteiger partial charge < -0.3 is 4.42 Å². The maximum atomic E-state index is 5.50. The molecular weight excluding hydrogens is 188 g/mol. The lowest BCUT2D eigenvalue weighted by molar-refractivity contribution is 0.582. The molecule has 1 unspecified atom stereocenters. The highest BCUT2D eigenvalue weighted by Crippen LogP contribution is 2.28. The molecule has 1 aromatic carbocycles. The van der Waals surface area contributed by atoms with Crippen LogP contribution in [0.15, 0.2) is 47.1 Å². The Morgan fingerprint density at radius 3 is 2.87 bits per heavy atom. The topological polar surface area (TPSA) is 51.2 Å². The van der Waals surface area contributed by atoms with E-state index in [-0.39, 0.29) is 6.04 Å². The Bertz CT molecular complexity index is 487. The van der Waals surface area contributed by atoms with Crippen LogP contribution in [0.3, 0.4) is 0 Å². The van der Waals surface area contributed by atoms with Gasteiger partial charge in [-0.15, -0.1) is 0 Å². The molecule has 78 valence electrons. The van der Waals surface area contributed by atoms with Crippen LogP contribution in [0.5, 0.6) is 0 Å². The molecule has 3 nitrogen and oxygen atoms in total. The minimum absolute atomic E-state index is 0.0614. The Kier molecular flexibility index (Phi) is 2.58. The first-order valence-electron chi connectivity index (χ1n) is 4.81. The van der Waals surface area contributed by atoms with Crippen LogP contribution >= 0.6 is 0 Å². The second-order valence-corrected chi connectivity index (χ2v) is 3.63. The van der Waals surface area contributed by atoms with E-state index >= 15 is 0 Å². The standard InChI is InChI=1S/C12H14N2O/c1-8(2)12(14-13)10-7-15-11-6-4-3-5-9(10)11/h3-7,12,14H,1,13H2,2H3. The van der Waals surface area contributed by atoms with Crippen LogP contribution < -0.4 is 11.3 Å². The number of hydrazine groups is 1. The van der Waals surface area contributed by atoms with Crippen molar-refractivity contribution in [3.05, 3.63) is 48.2 Å². The van der Waals surface area contributed by atoms with E-state index in [1.165, 1.54) is 0 Å². The third kappa shape index (κ3) is 1.67. The van der Waals surface area contributed by atoms with Crippen molar-refractivity contribution < 1.29 is 4.42 Å². The number of nitrogens with two attached hydrogens (primary N) is 1. The van der Waals surface area contributed by atoms with Crippen LogP contribution in [0.4, 0.5) is 0 Å². The third-order valence-electron chi connectivity index (χ3n) is 2.48. The van der Waals surface area contributed by atoms with Crippen LogP contribution in [0.2, 0.25) is 0 Å². The van der Waals surface area contributed by atoms with Crippen molar-refractivity contribution in [2.24, 2.45) is 5.84 Å². The van der Waals surface area contributed by atoms with Crippen molar-refractivity contribution in [3.8, 4) is 0 Å². The molecule has 0 saturated carbocycles. The van der Waals surface area contributed by atoms with Gasteiger partial charge in [0.25, 0.3) is 0 Å². The Labute approximate surface area is 88.5 Å². The SMILES string of the molecule is C=C(C)C(NN)c1coc2ccccc12. The predicted octanol–water partition coefficient (Wildman–Crippen LogP) is 2.51. The Hall–Kier alpha value is -1.58. The summed E-state index contributed by atoms with van der Waals surface area (Å²) in [5.74, 6) is 5.50. The molecule has 2 rings (SSSR count). The molecule has 1 heterocycles. The van der Waals surface area contributed by atoms with E-state index in [4.69, 9.17) is 10.3 Å². The lowest BCUT2D eigenvalue weighted by atomic mass is 10.0. The number of nitrogens with one attached hydrogen (secondary N) is 1. The van der Waals surface area contributed by atoms with E-state index < -0.39 is 0 Å². The molecule has 2 aromatic rings. The minimum atomic E-state index is -0.0614. The molecule has 1 aromatic heterocycles. The van der Waals surface area contributed by atoms with Gasteiger partial charge in [0.15, 0.2) is 0 Å². The lowest BCUT2D eigenvalue weighted by Gasteiger charge is -2.14. The predicted molar refractivity (Wildman–Crippen MR) is 61.1 cm³/mol. The first-order valence-corrected chi connectivity index (χ1v) is 4.81. The van der Waals surface area contributed by atoms with Crippen molar-refractivity contribution in [1.82, 2.24) is 5.43 Å². The minimum Gasteiger partial charge on any atom is -0.464 e. The highest BCUT2D eigenvalue weighted by molar-refractivity contribution is 5.81. The molecule has 0 radical (unpaired) electrons. The summed E-state index contributed by atoms with van der Waals surface area (Å²) in [7, 11) is 0. The average Bonchev–Trinajstić information content (AvgIpc) is 2.63. The van der Waals surface area contributed by atoms with Crippen molar-refractivity contribution in [2.75, 3.05) is 0 Å². The Morgan fingerprint density at radius 2 is 2.20 bits per heavy atom. The van der Waals surface area contributed by atoms with E-state index in [9.17, 15) is 0 Å². The normalized spacial score (nSPS) is 12.9. The van der Waals surface area contributed by atoms with E-state index in [0.29, 0.717) is 0 Å². The summed E-state index contributed by atoms with van der Waals surface area (Å²) in [6, 6.07) is 7.81. The molecule has 0 aliphatic carbocycles. The number of benzene rings is 1. The molecule has 0 saturated heterocycles. The first-order chi connectivity index (χ1) is 7.24. The fraction of sp³-hybridized carbons (Fsp3) is 0.167. The fourth-order valence-corrected chi connectivity index (χ4v) is 1.72. The van der Waals surface area contributed by atoms with E-state index in [1.54, 1.807) is 6.26 Å². The monoisotopic (exact) mass is 202 g/mol. The zero-order valence-electron chi connectivity index (χ0n) is 8.66. The number of hydrogen-bond donors (Lipinski definition) is 2. The smallest absolute Gasteiger partial charge is 0.134 e. The highest BCUT2D eigenvalue weighted by atomic mass is 16.3. The van der Waals surface area contributed by atoms with Crippen LogP contribution in [0, 0.1) is 0 Å². The van der Waals surface area contributed by atoms with Gasteiger partial charge in [0, 0.05) is 10.9 Å². The maximum absolute atomic E-state index is 5.50. The Balaban J connectivity index is 2.55. The molecular formula is C12H14N2O. The van der Waals surface area contributed by atoms with Gasteiger partial charge in [-0.3, -0.25) is 5.84 Å². The average molecular weight is 202 g/mol. The summed E-state index contributed by atoms with van der Waals surface area (Å²) in [4.78, 5) is 0. The summed E-state index contributed by atoms with van der Waals surface area (Å²) < 4.78 is 5.45. The first kappa shape index (κ1) is 9.96. The zero-order valence-corrected chi connectivity index (χ0v) is 8.66. The summed E-state index contributed by atoms with van der Waals surface area (Å²) in [6.07, 6.45) is 1.73. The second-order valence-electron chi connectivity index (χ2n) is 3.63. The summed E-state index contributed by atoms with van der Waals surface area (Å²) in [5.41, 5.74) is 5.60. The van der Waals surface area contributed by atoms with Crippen LogP contribution in [-0.4, -0.2) is 0 Å². The summed E-state index contributed by atoms with van der Waals surface area (Å²) in [5, 5.41) is 1.07. The molecule has 0 amide bonds. The molecule has 1 atom stereocenters. The van der Waals surface area contributed by atoms with Gasteiger partial charge in [0.1, 0.15) is 5.58 Å². The largest absolute Gasteiger partial charge is 0.464 e. The van der Waals surface area contributed by atoms with Crippen molar-refractivity contribution >= 4 is 11.0 Å². The molecule has 3 heteroatoms. The van der Waals surface area contributed by atoms with Gasteiger partial charge in [-0.1, -0.05) is 30.4 Å². The van der Waals surface area contributed by atoms with E-state index in [2.05, 4.69) is 12.0 Å². The highest BCUT2D eigenvalue weighted by Gasteiger charge is 2.15. The lowest BCUT2D eigenvalue weighted by Crippen LogP contribution is -2.28. The number of para-hydroxylation sites is 1. The molecule has 0 aliphatic heterocycles. The van der Waals surface area contributed by atoms with Gasteiger partial charge in [-0.25, -0.2) is 5.43 Å². The van der Waals surface area contributed by atoms with Gasteiger partial charge in [-0.05, 0) is 13.0 Å². The van der Waals surface area contributed by atoms with Crippen molar-refractivity contribution in [3.63, 3.8) is 0 Å². The summed E-state index contributed by atoms with van der Waals surface area (Å²) in [6.45, 7) is 5.84. The van der Waals surface area contributed by atoms with Crippen molar-refractivity contribution in [1.29, 1.82) is 0 Å². The van der Waals surface area contributed by atoms with E-state index in [1.807, 2.05) is 31.2 Å². The maximum Gasteiger partial charge on any atom is 0.134 e. The molecule has 15 heavy (non-hydrogen) atoms. The van der Waals surface area contributed by atoms with Gasteiger partial charge in [0.2, 0.25) is 0 Å². The second kappa shape index (κ2) is 3.88. The molecule has 0 spiro atoms. The number of hydrogen-bond acceptors (Lipinski definition) is 3. The molecule has 0 fully saturated rings. The van der Waals surface area contributed by atoms with Crippen LogP contribution in [0.25, 0.3) is 11.0 Å². The number of rotatable bonds is 3. The molecule has 3 N–H and O–H groups in total. The Morgan fingerprint density at radius 1 is 1.47 bits per heavy atom. The van der Waals surface area contributed by atoms with Gasteiger partial charge in [0.05, 0.1) is 12.3 Å². The molecule has 0 aliphatic rings. The fourth-order valence-electron chi connectivity index (χ4n) is 1.72. The van der Waals surface area contributed by atoms with Gasteiger partial charge in [-0.2, -0.15) is 0 Å². The zero-order chi connectivity index (χ0) is 10.8. The van der Waals surface area contributed by atoms with Crippen molar-refractivity contribution in [2.45, 2.75) is 13.0 Å². The quantitative estimate of drug-likeness (QED) is 0.457. The van der Waals surface area contributed by atoms with Crippen LogP contribution in [0.1, 0.15) is 18.5 Å². The third-order valence-corrected chi connectivity index (χ3v) is 2.48. The summed E-state index contributed by atoms with van der Waals surface area (Å²) >= 11 is 0. The van der Waals surface area contributed by atoms with Crippen LogP contribution in [-0.2, 0) is 0 Å².